The minimum absolute atomic E-state index is 0.245. The molecule has 1 aliphatic rings. The number of rotatable bonds is 2. The summed E-state index contributed by atoms with van der Waals surface area (Å²) in [5.41, 5.74) is 2.01. The molecule has 0 aromatic heterocycles. The van der Waals surface area contributed by atoms with Crippen LogP contribution >= 0.6 is 35.8 Å². The van der Waals surface area contributed by atoms with Gasteiger partial charge in [0.1, 0.15) is 0 Å². The summed E-state index contributed by atoms with van der Waals surface area (Å²) in [7, 11) is 0. The number of hydrogen-bond acceptors (Lipinski definition) is 2. The lowest BCUT2D eigenvalue weighted by atomic mass is 9.97. The predicted molar refractivity (Wildman–Crippen MR) is 70.0 cm³/mol. The second kappa shape index (κ2) is 4.88. The molecule has 1 aromatic rings. The van der Waals surface area contributed by atoms with Crippen LogP contribution in [0.2, 0.25) is 10.0 Å². The molecule has 1 aliphatic heterocycles. The van der Waals surface area contributed by atoms with Gasteiger partial charge in [-0.1, -0.05) is 23.2 Å². The van der Waals surface area contributed by atoms with Gasteiger partial charge in [-0.05, 0) is 23.6 Å². The number of thiol groups is 1. The number of benzene rings is 1. The van der Waals surface area contributed by atoms with Crippen molar-refractivity contribution in [1.82, 2.24) is 4.90 Å². The Hall–Kier alpha value is -0.710. The highest BCUT2D eigenvalue weighted by Crippen LogP contribution is 2.34. The van der Waals surface area contributed by atoms with Crippen molar-refractivity contribution in [2.45, 2.75) is 13.0 Å². The van der Waals surface area contributed by atoms with Crippen LogP contribution in [0.3, 0.4) is 0 Å². The van der Waals surface area contributed by atoms with Crippen LogP contribution in [0.4, 0.5) is 0 Å². The van der Waals surface area contributed by atoms with Gasteiger partial charge >= 0.3 is 0 Å². The maximum absolute atomic E-state index is 11.3. The molecular weight excluding hydrogens is 281 g/mol. The van der Waals surface area contributed by atoms with Gasteiger partial charge in [0.2, 0.25) is 11.5 Å². The molecule has 0 fully saturated rings. The number of nitrogens with zero attached hydrogens (tertiary/aromatic N) is 1. The first-order valence-corrected chi connectivity index (χ1v) is 6.17. The van der Waals surface area contributed by atoms with Crippen LogP contribution in [-0.4, -0.2) is 23.0 Å². The molecule has 0 N–H and O–H groups in total. The molecule has 1 amide bonds. The maximum Gasteiger partial charge on any atom is 0.219 e. The molecular formula is C11H9Cl2NO2S. The molecule has 17 heavy (non-hydrogen) atoms. The van der Waals surface area contributed by atoms with Gasteiger partial charge in [0.25, 0.3) is 0 Å². The number of amides is 1. The zero-order chi connectivity index (χ0) is 12.6. The number of carbonyl (C=O) groups excluding carboxylic acids is 2. The van der Waals surface area contributed by atoms with E-state index in [9.17, 15) is 9.59 Å². The first kappa shape index (κ1) is 12.7. The highest BCUT2D eigenvalue weighted by Gasteiger charge is 2.23. The molecule has 3 nitrogen and oxygen atoms in total. The summed E-state index contributed by atoms with van der Waals surface area (Å²) in [6.07, 6.45) is 1.42. The van der Waals surface area contributed by atoms with Crippen molar-refractivity contribution in [3.63, 3.8) is 0 Å². The number of halogens is 2. The second-order valence-corrected chi connectivity index (χ2v) is 5.01. The Morgan fingerprint density at radius 2 is 2.18 bits per heavy atom. The lowest BCUT2D eigenvalue weighted by Gasteiger charge is -2.27. The van der Waals surface area contributed by atoms with Gasteiger partial charge in [-0.2, -0.15) is 0 Å². The summed E-state index contributed by atoms with van der Waals surface area (Å²) in [6.45, 7) is 1.07. The molecule has 0 unspecified atom stereocenters. The lowest BCUT2D eigenvalue weighted by Crippen LogP contribution is -2.29. The van der Waals surface area contributed by atoms with Crippen LogP contribution in [0.25, 0.3) is 0 Å². The first-order valence-electron chi connectivity index (χ1n) is 4.97. The number of hydrogen-bond donors (Lipinski definition) is 1. The van der Waals surface area contributed by atoms with E-state index in [1.807, 2.05) is 0 Å². The molecule has 1 heterocycles. The molecule has 90 valence electrons. The van der Waals surface area contributed by atoms with Crippen molar-refractivity contribution in [2.75, 3.05) is 6.54 Å². The molecule has 0 saturated carbocycles. The summed E-state index contributed by atoms with van der Waals surface area (Å²) >= 11 is 15.9. The van der Waals surface area contributed by atoms with Gasteiger partial charge in [-0.25, -0.2) is 0 Å². The third-order valence-electron chi connectivity index (χ3n) is 2.80. The normalized spacial score (nSPS) is 14.4. The van der Waals surface area contributed by atoms with Gasteiger partial charge in [-0.15, -0.1) is 12.6 Å². The SMILES string of the molecule is O=CN1CCc2c(cc(Cl)c(C(=O)S)c2Cl)C1. The van der Waals surface area contributed by atoms with Crippen LogP contribution in [-0.2, 0) is 17.8 Å². The molecule has 2 rings (SSSR count). The van der Waals surface area contributed by atoms with Crippen LogP contribution < -0.4 is 0 Å². The van der Waals surface area contributed by atoms with E-state index in [4.69, 9.17) is 23.2 Å². The van der Waals surface area contributed by atoms with Crippen LogP contribution in [0.1, 0.15) is 21.5 Å². The lowest BCUT2D eigenvalue weighted by molar-refractivity contribution is -0.118. The van der Waals surface area contributed by atoms with Crippen LogP contribution in [0.15, 0.2) is 6.07 Å². The number of fused-ring (bicyclic) bond motifs is 1. The van der Waals surface area contributed by atoms with Gasteiger partial charge in [0.05, 0.1) is 15.6 Å². The molecule has 0 radical (unpaired) electrons. The first-order chi connectivity index (χ1) is 8.04. The zero-order valence-electron chi connectivity index (χ0n) is 8.74. The van der Waals surface area contributed by atoms with Gasteiger partial charge < -0.3 is 4.90 Å². The summed E-state index contributed by atoms with van der Waals surface area (Å²) in [5.74, 6) is 0. The summed E-state index contributed by atoms with van der Waals surface area (Å²) in [5, 5.41) is 0.195. The molecule has 0 bridgehead atoms. The molecule has 0 saturated heterocycles. The Morgan fingerprint density at radius 3 is 2.76 bits per heavy atom. The van der Waals surface area contributed by atoms with Crippen molar-refractivity contribution in [1.29, 1.82) is 0 Å². The van der Waals surface area contributed by atoms with Gasteiger partial charge in [-0.3, -0.25) is 9.59 Å². The van der Waals surface area contributed by atoms with Crippen LogP contribution in [0, 0.1) is 0 Å². The fourth-order valence-corrected chi connectivity index (χ4v) is 3.09. The van der Waals surface area contributed by atoms with E-state index in [1.54, 1.807) is 11.0 Å². The molecule has 1 aromatic carbocycles. The van der Waals surface area contributed by atoms with Gasteiger partial charge in [0.15, 0.2) is 0 Å². The van der Waals surface area contributed by atoms with E-state index in [0.717, 1.165) is 17.5 Å². The topological polar surface area (TPSA) is 37.4 Å². The summed E-state index contributed by atoms with van der Waals surface area (Å²) < 4.78 is 0. The second-order valence-electron chi connectivity index (χ2n) is 3.82. The van der Waals surface area contributed by atoms with E-state index < -0.39 is 5.12 Å². The van der Waals surface area contributed by atoms with E-state index >= 15 is 0 Å². The fourth-order valence-electron chi connectivity index (χ4n) is 1.96. The van der Waals surface area contributed by atoms with Crippen molar-refractivity contribution in [3.05, 3.63) is 32.8 Å². The van der Waals surface area contributed by atoms with E-state index in [0.29, 0.717) is 24.5 Å². The zero-order valence-corrected chi connectivity index (χ0v) is 11.1. The fraction of sp³-hybridized carbons (Fsp3) is 0.273. The Kier molecular flexibility index (Phi) is 3.66. The number of carbonyl (C=O) groups is 2. The largest absolute Gasteiger partial charge is 0.341 e. The average molecular weight is 290 g/mol. The molecule has 0 spiro atoms. The molecule has 0 aliphatic carbocycles. The third kappa shape index (κ3) is 2.30. The van der Waals surface area contributed by atoms with Crippen molar-refractivity contribution < 1.29 is 9.59 Å². The summed E-state index contributed by atoms with van der Waals surface area (Å²) in [6, 6.07) is 1.68. The predicted octanol–water partition coefficient (Wildman–Crippen LogP) is 2.58. The van der Waals surface area contributed by atoms with E-state index in [1.165, 1.54) is 0 Å². The average Bonchev–Trinajstić information content (AvgIpc) is 2.27. The quantitative estimate of drug-likeness (QED) is 0.671. The van der Waals surface area contributed by atoms with E-state index in [2.05, 4.69) is 12.6 Å². The maximum atomic E-state index is 11.3. The van der Waals surface area contributed by atoms with E-state index in [-0.39, 0.29) is 10.6 Å². The summed E-state index contributed by atoms with van der Waals surface area (Å²) in [4.78, 5) is 23.7. The van der Waals surface area contributed by atoms with Crippen molar-refractivity contribution >= 4 is 47.4 Å². The Balaban J connectivity index is 2.54. The standard InChI is InChI=1S/C11H9Cl2NO2S/c12-8-3-6-4-14(5-15)2-1-7(6)10(13)9(8)11(16)17/h3,5H,1-2,4H2,(H,16,17). The molecule has 0 atom stereocenters. The highest BCUT2D eigenvalue weighted by atomic mass is 35.5. The van der Waals surface area contributed by atoms with Crippen LogP contribution in [0.5, 0.6) is 0 Å². The highest BCUT2D eigenvalue weighted by molar-refractivity contribution is 7.97. The van der Waals surface area contributed by atoms with Crippen molar-refractivity contribution in [3.8, 4) is 0 Å². The Labute approximate surface area is 114 Å². The minimum atomic E-state index is -0.444. The monoisotopic (exact) mass is 289 g/mol. The van der Waals surface area contributed by atoms with Gasteiger partial charge in [0, 0.05) is 13.1 Å². The minimum Gasteiger partial charge on any atom is -0.341 e. The smallest absolute Gasteiger partial charge is 0.219 e. The third-order valence-corrected chi connectivity index (χ3v) is 3.74. The Bertz CT molecular complexity index is 505. The van der Waals surface area contributed by atoms with Crippen molar-refractivity contribution in [2.24, 2.45) is 0 Å². The Morgan fingerprint density at radius 1 is 1.47 bits per heavy atom. The molecule has 6 heteroatoms.